The largest absolute Gasteiger partial charge is 0.480 e. The van der Waals surface area contributed by atoms with E-state index in [1.54, 1.807) is 9.80 Å². The third kappa shape index (κ3) is 3.90. The number of carbonyl (C=O) groups is 3. The molecular formula is C11H19N3O4. The van der Waals surface area contributed by atoms with Crippen molar-refractivity contribution in [2.75, 3.05) is 39.8 Å². The minimum absolute atomic E-state index is 0.00295. The van der Waals surface area contributed by atoms with E-state index in [4.69, 9.17) is 5.11 Å². The van der Waals surface area contributed by atoms with Gasteiger partial charge in [0.05, 0.1) is 0 Å². The Morgan fingerprint density at radius 1 is 1.11 bits per heavy atom. The summed E-state index contributed by atoms with van der Waals surface area (Å²) < 4.78 is 0. The second kappa shape index (κ2) is 6.23. The third-order valence-corrected chi connectivity index (χ3v) is 2.91. The average molecular weight is 257 g/mol. The smallest absolute Gasteiger partial charge is 0.323 e. The lowest BCUT2D eigenvalue weighted by molar-refractivity contribution is -0.137. The van der Waals surface area contributed by atoms with Gasteiger partial charge >= 0.3 is 12.0 Å². The highest BCUT2D eigenvalue weighted by atomic mass is 16.4. The van der Waals surface area contributed by atoms with Gasteiger partial charge in [-0.05, 0) is 6.42 Å². The Bertz CT molecular complexity index is 345. The van der Waals surface area contributed by atoms with E-state index in [0.717, 1.165) is 0 Å². The van der Waals surface area contributed by atoms with Gasteiger partial charge in [-0.3, -0.25) is 9.59 Å². The zero-order valence-electron chi connectivity index (χ0n) is 10.8. The van der Waals surface area contributed by atoms with Crippen molar-refractivity contribution in [1.29, 1.82) is 0 Å². The molecule has 0 spiro atoms. The number of hydrogen-bond donors (Lipinski definition) is 1. The maximum atomic E-state index is 11.9. The third-order valence-electron chi connectivity index (χ3n) is 2.91. The van der Waals surface area contributed by atoms with Crippen molar-refractivity contribution in [3.63, 3.8) is 0 Å². The van der Waals surface area contributed by atoms with Crippen LogP contribution in [0, 0.1) is 0 Å². The van der Waals surface area contributed by atoms with E-state index < -0.39 is 5.97 Å². The van der Waals surface area contributed by atoms with Crippen molar-refractivity contribution in [2.24, 2.45) is 0 Å². The van der Waals surface area contributed by atoms with Gasteiger partial charge in [0.25, 0.3) is 0 Å². The summed E-state index contributed by atoms with van der Waals surface area (Å²) in [5, 5.41) is 8.64. The first kappa shape index (κ1) is 14.3. The van der Waals surface area contributed by atoms with E-state index in [1.807, 2.05) is 0 Å². The molecule has 0 aromatic heterocycles. The number of aliphatic carboxylic acids is 1. The first-order chi connectivity index (χ1) is 8.41. The highest BCUT2D eigenvalue weighted by Gasteiger charge is 2.23. The molecular weight excluding hydrogens is 238 g/mol. The van der Waals surface area contributed by atoms with Crippen LogP contribution in [0.3, 0.4) is 0 Å². The summed E-state index contributed by atoms with van der Waals surface area (Å²) in [5.41, 5.74) is 0. The first-order valence-electron chi connectivity index (χ1n) is 5.89. The Kier molecular flexibility index (Phi) is 4.94. The summed E-state index contributed by atoms with van der Waals surface area (Å²) in [6.45, 7) is 3.33. The second-order valence-corrected chi connectivity index (χ2v) is 4.38. The molecule has 0 unspecified atom stereocenters. The Hall–Kier alpha value is -1.79. The highest BCUT2D eigenvalue weighted by molar-refractivity contribution is 5.80. The van der Waals surface area contributed by atoms with Crippen molar-refractivity contribution in [1.82, 2.24) is 14.7 Å². The van der Waals surface area contributed by atoms with Gasteiger partial charge in [-0.1, -0.05) is 0 Å². The van der Waals surface area contributed by atoms with Crippen LogP contribution in [-0.2, 0) is 9.59 Å². The molecule has 7 heteroatoms. The molecule has 0 saturated carbocycles. The van der Waals surface area contributed by atoms with Gasteiger partial charge in [-0.2, -0.15) is 0 Å². The lowest BCUT2D eigenvalue weighted by atomic mass is 10.4. The number of hydrogen-bond acceptors (Lipinski definition) is 3. The summed E-state index contributed by atoms with van der Waals surface area (Å²) in [5.74, 6) is -1.03. The van der Waals surface area contributed by atoms with Crippen molar-refractivity contribution in [3.8, 4) is 0 Å². The maximum Gasteiger partial charge on any atom is 0.323 e. The second-order valence-electron chi connectivity index (χ2n) is 4.38. The molecule has 3 amide bonds. The fraction of sp³-hybridized carbons (Fsp3) is 0.727. The van der Waals surface area contributed by atoms with E-state index in [1.165, 1.54) is 18.9 Å². The standard InChI is InChI=1S/C11H19N3O4/c1-9(15)13-4-3-5-14(7-6-13)11(18)12(2)8-10(16)17/h3-8H2,1-2H3,(H,16,17). The molecule has 18 heavy (non-hydrogen) atoms. The molecule has 1 N–H and O–H groups in total. The van der Waals surface area contributed by atoms with Gasteiger partial charge in [-0.15, -0.1) is 0 Å². The Morgan fingerprint density at radius 3 is 2.22 bits per heavy atom. The van der Waals surface area contributed by atoms with Crippen LogP contribution < -0.4 is 0 Å². The Labute approximate surface area is 106 Å². The molecule has 1 aliphatic rings. The number of carboxylic acid groups (broad SMARTS) is 1. The van der Waals surface area contributed by atoms with Crippen molar-refractivity contribution >= 4 is 17.9 Å². The molecule has 1 heterocycles. The molecule has 0 aromatic carbocycles. The number of carboxylic acids is 1. The van der Waals surface area contributed by atoms with E-state index in [2.05, 4.69) is 0 Å². The van der Waals surface area contributed by atoms with Crippen molar-refractivity contribution < 1.29 is 19.5 Å². The van der Waals surface area contributed by atoms with Gasteiger partial charge in [0.1, 0.15) is 6.54 Å². The van der Waals surface area contributed by atoms with E-state index in [0.29, 0.717) is 32.6 Å². The van der Waals surface area contributed by atoms with Crippen LogP contribution in [0.1, 0.15) is 13.3 Å². The van der Waals surface area contributed by atoms with Crippen LogP contribution in [0.25, 0.3) is 0 Å². The average Bonchev–Trinajstić information content (AvgIpc) is 2.52. The number of amides is 3. The quantitative estimate of drug-likeness (QED) is 0.735. The summed E-state index contributed by atoms with van der Waals surface area (Å²) in [7, 11) is 1.46. The molecule has 1 aliphatic heterocycles. The van der Waals surface area contributed by atoms with E-state index >= 15 is 0 Å². The fourth-order valence-corrected chi connectivity index (χ4v) is 1.94. The predicted octanol–water partition coefficient (Wildman–Crippen LogP) is -0.323. The highest BCUT2D eigenvalue weighted by Crippen LogP contribution is 2.06. The summed E-state index contributed by atoms with van der Waals surface area (Å²) in [6.07, 6.45) is 0.715. The molecule has 1 rings (SSSR count). The zero-order valence-corrected chi connectivity index (χ0v) is 10.8. The van der Waals surface area contributed by atoms with Crippen LogP contribution in [0.5, 0.6) is 0 Å². The van der Waals surface area contributed by atoms with Crippen molar-refractivity contribution in [3.05, 3.63) is 0 Å². The van der Waals surface area contributed by atoms with E-state index in [9.17, 15) is 14.4 Å². The summed E-state index contributed by atoms with van der Waals surface area (Å²) in [6, 6.07) is -0.303. The predicted molar refractivity (Wildman–Crippen MR) is 64.1 cm³/mol. The number of urea groups is 1. The van der Waals surface area contributed by atoms with Gasteiger partial charge in [0.15, 0.2) is 0 Å². The number of nitrogens with zero attached hydrogens (tertiary/aromatic N) is 3. The normalized spacial score (nSPS) is 16.1. The SMILES string of the molecule is CC(=O)N1CCCN(C(=O)N(C)CC(=O)O)CC1. The molecule has 0 radical (unpaired) electrons. The van der Waals surface area contributed by atoms with Crippen LogP contribution in [0.2, 0.25) is 0 Å². The first-order valence-corrected chi connectivity index (χ1v) is 5.89. The van der Waals surface area contributed by atoms with Gasteiger partial charge in [-0.25, -0.2) is 4.79 Å². The number of likely N-dealkylation sites (N-methyl/N-ethyl adjacent to an activating group) is 1. The molecule has 0 aliphatic carbocycles. The molecule has 0 atom stereocenters. The van der Waals surface area contributed by atoms with Crippen LogP contribution in [0.15, 0.2) is 0 Å². The van der Waals surface area contributed by atoms with Gasteiger partial charge in [0.2, 0.25) is 5.91 Å². The molecule has 102 valence electrons. The van der Waals surface area contributed by atoms with Gasteiger partial charge in [0, 0.05) is 40.2 Å². The van der Waals surface area contributed by atoms with Crippen molar-refractivity contribution in [2.45, 2.75) is 13.3 Å². The Balaban J connectivity index is 2.54. The van der Waals surface area contributed by atoms with Crippen LogP contribution in [-0.4, -0.2) is 77.5 Å². The minimum atomic E-state index is -1.04. The number of rotatable bonds is 2. The summed E-state index contributed by atoms with van der Waals surface area (Å²) >= 11 is 0. The molecule has 7 nitrogen and oxygen atoms in total. The minimum Gasteiger partial charge on any atom is -0.480 e. The van der Waals surface area contributed by atoms with Gasteiger partial charge < -0.3 is 19.8 Å². The monoisotopic (exact) mass is 257 g/mol. The lowest BCUT2D eigenvalue weighted by Gasteiger charge is -2.26. The maximum absolute atomic E-state index is 11.9. The zero-order chi connectivity index (χ0) is 13.7. The van der Waals surface area contributed by atoms with Crippen LogP contribution >= 0.6 is 0 Å². The molecule has 0 bridgehead atoms. The fourth-order valence-electron chi connectivity index (χ4n) is 1.94. The summed E-state index contributed by atoms with van der Waals surface area (Å²) in [4.78, 5) is 38.2. The Morgan fingerprint density at radius 2 is 1.67 bits per heavy atom. The molecule has 0 aromatic rings. The lowest BCUT2D eigenvalue weighted by Crippen LogP contribution is -2.44. The molecule has 1 saturated heterocycles. The topological polar surface area (TPSA) is 81.2 Å². The van der Waals surface area contributed by atoms with E-state index in [-0.39, 0.29) is 18.5 Å². The number of carbonyl (C=O) groups excluding carboxylic acids is 2. The van der Waals surface area contributed by atoms with Crippen LogP contribution in [0.4, 0.5) is 4.79 Å². The molecule has 1 fully saturated rings.